The number of aromatic amines is 1. The molecule has 0 atom stereocenters. The Morgan fingerprint density at radius 2 is 2.07 bits per heavy atom. The van der Waals surface area contributed by atoms with Crippen LogP contribution in [0.5, 0.6) is 0 Å². The summed E-state index contributed by atoms with van der Waals surface area (Å²) in [5.74, 6) is 0. The molecule has 70 valence electrons. The molecule has 0 aliphatic heterocycles. The molecule has 0 saturated carbocycles. The summed E-state index contributed by atoms with van der Waals surface area (Å²) < 4.78 is 1.15. The number of hydrogen-bond acceptors (Lipinski definition) is 1. The van der Waals surface area contributed by atoms with Gasteiger partial charge in [-0.25, -0.2) is 0 Å². The van der Waals surface area contributed by atoms with Gasteiger partial charge >= 0.3 is 0 Å². The molecule has 0 spiro atoms. The maximum atomic E-state index is 4.09. The highest BCUT2D eigenvalue weighted by Gasteiger charge is 2.17. The standard InChI is InChI=1S/C11H9BrN2/c12-9-3-4-10-7(5-9)1-2-8-6-13-14-11(8)10/h3-6H,1-2H2,(H,13,14). The topological polar surface area (TPSA) is 28.7 Å². The Hall–Kier alpha value is -1.09. The van der Waals surface area contributed by atoms with E-state index in [1.807, 2.05) is 6.20 Å². The number of nitrogens with one attached hydrogen (secondary N) is 1. The van der Waals surface area contributed by atoms with Crippen molar-refractivity contribution in [2.75, 3.05) is 0 Å². The molecular formula is C11H9BrN2. The zero-order chi connectivity index (χ0) is 9.54. The lowest BCUT2D eigenvalue weighted by atomic mass is 9.91. The van der Waals surface area contributed by atoms with Crippen LogP contribution in [0.15, 0.2) is 28.9 Å². The number of fused-ring (bicyclic) bond motifs is 3. The van der Waals surface area contributed by atoms with Gasteiger partial charge in [0.15, 0.2) is 0 Å². The lowest BCUT2D eigenvalue weighted by molar-refractivity contribution is 0.941. The fourth-order valence-electron chi connectivity index (χ4n) is 2.02. The van der Waals surface area contributed by atoms with Crippen LogP contribution in [0.2, 0.25) is 0 Å². The highest BCUT2D eigenvalue weighted by molar-refractivity contribution is 9.10. The van der Waals surface area contributed by atoms with E-state index < -0.39 is 0 Å². The monoisotopic (exact) mass is 248 g/mol. The first kappa shape index (κ1) is 8.24. The molecule has 2 nitrogen and oxygen atoms in total. The highest BCUT2D eigenvalue weighted by atomic mass is 79.9. The van der Waals surface area contributed by atoms with Gasteiger partial charge in [-0.05, 0) is 36.1 Å². The normalized spacial score (nSPS) is 13.5. The Labute approximate surface area is 90.5 Å². The van der Waals surface area contributed by atoms with Gasteiger partial charge in [0.2, 0.25) is 0 Å². The highest BCUT2D eigenvalue weighted by Crippen LogP contribution is 2.32. The van der Waals surface area contributed by atoms with E-state index >= 15 is 0 Å². The van der Waals surface area contributed by atoms with E-state index in [-0.39, 0.29) is 0 Å². The van der Waals surface area contributed by atoms with E-state index in [0.29, 0.717) is 0 Å². The van der Waals surface area contributed by atoms with Crippen LogP contribution in [0, 0.1) is 0 Å². The molecule has 1 aliphatic rings. The van der Waals surface area contributed by atoms with Crippen LogP contribution < -0.4 is 0 Å². The van der Waals surface area contributed by atoms with Crippen LogP contribution in [0.4, 0.5) is 0 Å². The number of H-pyrrole nitrogens is 1. The second kappa shape index (κ2) is 2.95. The number of halogens is 1. The van der Waals surface area contributed by atoms with E-state index in [4.69, 9.17) is 0 Å². The van der Waals surface area contributed by atoms with E-state index in [1.54, 1.807) is 0 Å². The minimum atomic E-state index is 1.09. The Morgan fingerprint density at radius 3 is 3.00 bits per heavy atom. The Bertz CT molecular complexity index is 488. The molecule has 3 rings (SSSR count). The summed E-state index contributed by atoms with van der Waals surface area (Å²) >= 11 is 3.50. The minimum absolute atomic E-state index is 1.09. The third-order valence-corrected chi connectivity index (χ3v) is 3.21. The zero-order valence-corrected chi connectivity index (χ0v) is 9.13. The maximum Gasteiger partial charge on any atom is 0.0685 e. The number of nitrogens with zero attached hydrogens (tertiary/aromatic N) is 1. The van der Waals surface area contributed by atoms with E-state index in [2.05, 4.69) is 44.3 Å². The zero-order valence-electron chi connectivity index (χ0n) is 7.55. The van der Waals surface area contributed by atoms with E-state index in [1.165, 1.54) is 22.4 Å². The molecule has 1 heterocycles. The minimum Gasteiger partial charge on any atom is -0.278 e. The quantitative estimate of drug-likeness (QED) is 0.764. The molecule has 14 heavy (non-hydrogen) atoms. The molecule has 3 heteroatoms. The molecule has 0 amide bonds. The van der Waals surface area contributed by atoms with Gasteiger partial charge in [-0.1, -0.05) is 22.0 Å². The smallest absolute Gasteiger partial charge is 0.0685 e. The summed E-state index contributed by atoms with van der Waals surface area (Å²) in [5.41, 5.74) is 5.22. The largest absolute Gasteiger partial charge is 0.278 e. The first-order valence-corrected chi connectivity index (χ1v) is 5.45. The number of hydrogen-bond donors (Lipinski definition) is 1. The fraction of sp³-hybridized carbons (Fsp3) is 0.182. The van der Waals surface area contributed by atoms with Crippen molar-refractivity contribution in [2.45, 2.75) is 12.8 Å². The summed E-state index contributed by atoms with van der Waals surface area (Å²) in [7, 11) is 0. The average Bonchev–Trinajstić information content (AvgIpc) is 2.65. The fourth-order valence-corrected chi connectivity index (χ4v) is 2.42. The summed E-state index contributed by atoms with van der Waals surface area (Å²) in [6.07, 6.45) is 4.14. The van der Waals surface area contributed by atoms with Crippen molar-refractivity contribution in [2.24, 2.45) is 0 Å². The van der Waals surface area contributed by atoms with E-state index in [9.17, 15) is 0 Å². The summed E-state index contributed by atoms with van der Waals surface area (Å²) in [4.78, 5) is 0. The van der Waals surface area contributed by atoms with Crippen LogP contribution in [-0.4, -0.2) is 10.2 Å². The van der Waals surface area contributed by atoms with Gasteiger partial charge in [0.25, 0.3) is 0 Å². The number of aromatic nitrogens is 2. The van der Waals surface area contributed by atoms with Crippen molar-refractivity contribution in [3.8, 4) is 11.3 Å². The van der Waals surface area contributed by atoms with E-state index in [0.717, 1.165) is 17.3 Å². The predicted octanol–water partition coefficient (Wildman–Crippen LogP) is 2.94. The molecule has 1 aromatic carbocycles. The number of rotatable bonds is 0. The first-order chi connectivity index (χ1) is 6.84. The van der Waals surface area contributed by atoms with Gasteiger partial charge in [-0.3, -0.25) is 5.10 Å². The van der Waals surface area contributed by atoms with Crippen molar-refractivity contribution in [3.63, 3.8) is 0 Å². The van der Waals surface area contributed by atoms with Crippen LogP contribution in [0.1, 0.15) is 11.1 Å². The summed E-state index contributed by atoms with van der Waals surface area (Å²) in [6, 6.07) is 6.42. The third kappa shape index (κ3) is 1.12. The second-order valence-electron chi connectivity index (χ2n) is 3.57. The summed E-state index contributed by atoms with van der Waals surface area (Å²) in [5, 5.41) is 7.16. The average molecular weight is 249 g/mol. The molecule has 2 aromatic rings. The van der Waals surface area contributed by atoms with Gasteiger partial charge in [-0.2, -0.15) is 5.10 Å². The maximum absolute atomic E-state index is 4.09. The van der Waals surface area contributed by atoms with Crippen molar-refractivity contribution in [1.82, 2.24) is 10.2 Å². The molecule has 1 N–H and O–H groups in total. The molecule has 1 aromatic heterocycles. The first-order valence-electron chi connectivity index (χ1n) is 4.65. The predicted molar refractivity (Wildman–Crippen MR) is 59.1 cm³/mol. The van der Waals surface area contributed by atoms with Crippen molar-refractivity contribution in [1.29, 1.82) is 0 Å². The van der Waals surface area contributed by atoms with Crippen LogP contribution in [0.25, 0.3) is 11.3 Å². The lowest BCUT2D eigenvalue weighted by Crippen LogP contribution is -2.02. The summed E-state index contributed by atoms with van der Waals surface area (Å²) in [6.45, 7) is 0. The van der Waals surface area contributed by atoms with Gasteiger partial charge in [0.1, 0.15) is 0 Å². The molecule has 0 saturated heterocycles. The van der Waals surface area contributed by atoms with Gasteiger partial charge < -0.3 is 0 Å². The number of aryl methyl sites for hydroxylation is 2. The Kier molecular flexibility index (Phi) is 1.74. The van der Waals surface area contributed by atoms with Crippen LogP contribution >= 0.6 is 15.9 Å². The molecular weight excluding hydrogens is 240 g/mol. The van der Waals surface area contributed by atoms with Crippen LogP contribution in [-0.2, 0) is 12.8 Å². The molecule has 0 unspecified atom stereocenters. The Balaban J connectivity index is 2.26. The number of benzene rings is 1. The van der Waals surface area contributed by atoms with Crippen LogP contribution in [0.3, 0.4) is 0 Å². The molecule has 0 bridgehead atoms. The second-order valence-corrected chi connectivity index (χ2v) is 4.49. The van der Waals surface area contributed by atoms with Gasteiger partial charge in [0.05, 0.1) is 11.9 Å². The SMILES string of the molecule is Brc1ccc2c(c1)CCc1cn[nH]c1-2. The van der Waals surface area contributed by atoms with Gasteiger partial charge in [-0.15, -0.1) is 0 Å². The molecule has 0 radical (unpaired) electrons. The molecule has 0 fully saturated rings. The lowest BCUT2D eigenvalue weighted by Gasteiger charge is -2.15. The Morgan fingerprint density at radius 1 is 1.21 bits per heavy atom. The van der Waals surface area contributed by atoms with Crippen molar-refractivity contribution >= 4 is 15.9 Å². The third-order valence-electron chi connectivity index (χ3n) is 2.72. The van der Waals surface area contributed by atoms with Crippen molar-refractivity contribution in [3.05, 3.63) is 40.0 Å². The molecule has 1 aliphatic carbocycles. The van der Waals surface area contributed by atoms with Crippen molar-refractivity contribution < 1.29 is 0 Å². The van der Waals surface area contributed by atoms with Gasteiger partial charge in [0, 0.05) is 10.0 Å².